The quantitative estimate of drug-likeness (QED) is 0.774. The zero-order valence-corrected chi connectivity index (χ0v) is 10.5. The van der Waals surface area contributed by atoms with Gasteiger partial charge in [-0.3, -0.25) is 4.79 Å². The van der Waals surface area contributed by atoms with Crippen molar-refractivity contribution in [1.82, 2.24) is 5.32 Å². The van der Waals surface area contributed by atoms with Crippen LogP contribution in [-0.4, -0.2) is 30.3 Å². The molecule has 0 atom stereocenters. The number of amides is 1. The van der Waals surface area contributed by atoms with Crippen LogP contribution in [0.15, 0.2) is 0 Å². The van der Waals surface area contributed by atoms with Crippen LogP contribution in [0.25, 0.3) is 0 Å². The van der Waals surface area contributed by atoms with Gasteiger partial charge >= 0.3 is 12.1 Å². The van der Waals surface area contributed by atoms with Crippen LogP contribution in [0.2, 0.25) is 0 Å². The summed E-state index contributed by atoms with van der Waals surface area (Å²) in [6.07, 6.45) is 2.56. The van der Waals surface area contributed by atoms with Gasteiger partial charge in [0, 0.05) is 6.54 Å². The highest BCUT2D eigenvalue weighted by atomic mass is 16.5. The molecule has 0 aromatic carbocycles. The van der Waals surface area contributed by atoms with E-state index in [-0.39, 0.29) is 12.5 Å². The Hall–Kier alpha value is -1.26. The standard InChI is InChI=1S/C12H21NO4/c1-9(2)7-17-11(16)13-8-12(10(14)15)5-3-4-6-12/h9H,3-8H2,1-2H3,(H,13,16)(H,14,15). The van der Waals surface area contributed by atoms with Gasteiger partial charge in [0.2, 0.25) is 0 Å². The Labute approximate surface area is 102 Å². The molecule has 1 aliphatic rings. The minimum Gasteiger partial charge on any atom is -0.481 e. The molecule has 17 heavy (non-hydrogen) atoms. The summed E-state index contributed by atoms with van der Waals surface area (Å²) in [7, 11) is 0. The molecule has 0 bridgehead atoms. The predicted octanol–water partition coefficient (Wildman–Crippen LogP) is 2.01. The summed E-state index contributed by atoms with van der Waals surface area (Å²) in [5.41, 5.74) is -0.781. The van der Waals surface area contributed by atoms with Gasteiger partial charge in [-0.2, -0.15) is 0 Å². The Balaban J connectivity index is 2.37. The lowest BCUT2D eigenvalue weighted by Gasteiger charge is -2.23. The number of hydrogen-bond acceptors (Lipinski definition) is 3. The number of aliphatic carboxylic acids is 1. The van der Waals surface area contributed by atoms with E-state index in [1.807, 2.05) is 13.8 Å². The summed E-state index contributed by atoms with van der Waals surface area (Å²) in [5, 5.41) is 11.8. The molecule has 0 aliphatic heterocycles. The Morgan fingerprint density at radius 1 is 1.35 bits per heavy atom. The number of hydrogen-bond donors (Lipinski definition) is 2. The lowest BCUT2D eigenvalue weighted by molar-refractivity contribution is -0.148. The highest BCUT2D eigenvalue weighted by Gasteiger charge is 2.41. The average Bonchev–Trinajstić information content (AvgIpc) is 2.73. The number of rotatable bonds is 5. The van der Waals surface area contributed by atoms with E-state index in [9.17, 15) is 14.7 Å². The SMILES string of the molecule is CC(C)COC(=O)NCC1(C(=O)O)CCCC1. The molecule has 5 nitrogen and oxygen atoms in total. The Bertz CT molecular complexity index is 282. The second kappa shape index (κ2) is 5.89. The van der Waals surface area contributed by atoms with Crippen molar-refractivity contribution in [2.75, 3.05) is 13.2 Å². The van der Waals surface area contributed by atoms with Crippen LogP contribution in [0.5, 0.6) is 0 Å². The number of ether oxygens (including phenoxy) is 1. The summed E-state index contributed by atoms with van der Waals surface area (Å²) in [5.74, 6) is -0.542. The molecule has 5 heteroatoms. The van der Waals surface area contributed by atoms with Crippen molar-refractivity contribution in [3.8, 4) is 0 Å². The first-order valence-corrected chi connectivity index (χ1v) is 6.10. The lowest BCUT2D eigenvalue weighted by Crippen LogP contribution is -2.41. The van der Waals surface area contributed by atoms with E-state index >= 15 is 0 Å². The first kappa shape index (κ1) is 13.8. The van der Waals surface area contributed by atoms with Crippen molar-refractivity contribution < 1.29 is 19.4 Å². The van der Waals surface area contributed by atoms with Crippen molar-refractivity contribution >= 4 is 12.1 Å². The summed E-state index contributed by atoms with van der Waals surface area (Å²) in [6.45, 7) is 4.41. The summed E-state index contributed by atoms with van der Waals surface area (Å²) < 4.78 is 4.95. The van der Waals surface area contributed by atoms with Crippen molar-refractivity contribution in [3.05, 3.63) is 0 Å². The first-order chi connectivity index (χ1) is 7.96. The largest absolute Gasteiger partial charge is 0.481 e. The van der Waals surface area contributed by atoms with Crippen molar-refractivity contribution in [1.29, 1.82) is 0 Å². The van der Waals surface area contributed by atoms with Crippen LogP contribution in [0.3, 0.4) is 0 Å². The second-order valence-corrected chi connectivity index (χ2v) is 5.14. The van der Waals surface area contributed by atoms with E-state index in [4.69, 9.17) is 4.74 Å². The first-order valence-electron chi connectivity index (χ1n) is 6.10. The highest BCUT2D eigenvalue weighted by molar-refractivity contribution is 5.76. The van der Waals surface area contributed by atoms with Crippen molar-refractivity contribution in [2.45, 2.75) is 39.5 Å². The summed E-state index contributed by atoms with van der Waals surface area (Å²) in [4.78, 5) is 22.6. The second-order valence-electron chi connectivity index (χ2n) is 5.14. The molecule has 0 aromatic rings. The van der Waals surface area contributed by atoms with Crippen molar-refractivity contribution in [3.63, 3.8) is 0 Å². The van der Waals surface area contributed by atoms with Crippen LogP contribution in [0.4, 0.5) is 4.79 Å². The molecule has 0 saturated heterocycles. The minimum atomic E-state index is -0.820. The number of carboxylic acids is 1. The maximum absolute atomic E-state index is 11.3. The zero-order valence-electron chi connectivity index (χ0n) is 10.5. The monoisotopic (exact) mass is 243 g/mol. The van der Waals surface area contributed by atoms with E-state index in [1.54, 1.807) is 0 Å². The number of alkyl carbamates (subject to hydrolysis) is 1. The van der Waals surface area contributed by atoms with Gasteiger partial charge < -0.3 is 15.2 Å². The molecule has 0 radical (unpaired) electrons. The topological polar surface area (TPSA) is 75.6 Å². The third-order valence-corrected chi connectivity index (χ3v) is 3.13. The number of nitrogens with one attached hydrogen (secondary N) is 1. The summed E-state index contributed by atoms with van der Waals surface area (Å²) in [6, 6.07) is 0. The predicted molar refractivity (Wildman–Crippen MR) is 62.7 cm³/mol. The van der Waals surface area contributed by atoms with Crippen molar-refractivity contribution in [2.24, 2.45) is 11.3 Å². The van der Waals surface area contributed by atoms with Gasteiger partial charge in [0.25, 0.3) is 0 Å². The lowest BCUT2D eigenvalue weighted by atomic mass is 9.86. The molecule has 1 fully saturated rings. The van der Waals surface area contributed by atoms with Gasteiger partial charge in [-0.25, -0.2) is 4.79 Å². The molecule has 1 aliphatic carbocycles. The van der Waals surface area contributed by atoms with Gasteiger partial charge in [-0.05, 0) is 18.8 Å². The van der Waals surface area contributed by atoms with Gasteiger partial charge in [-0.15, -0.1) is 0 Å². The van der Waals surface area contributed by atoms with Gasteiger partial charge in [0.05, 0.1) is 12.0 Å². The van der Waals surface area contributed by atoms with Gasteiger partial charge in [-0.1, -0.05) is 26.7 Å². The van der Waals surface area contributed by atoms with Gasteiger partial charge in [0.15, 0.2) is 0 Å². The van der Waals surface area contributed by atoms with E-state index in [0.717, 1.165) is 12.8 Å². The molecule has 0 unspecified atom stereocenters. The molecule has 0 heterocycles. The Morgan fingerprint density at radius 3 is 2.41 bits per heavy atom. The molecule has 2 N–H and O–H groups in total. The molecule has 1 saturated carbocycles. The number of carbonyl (C=O) groups excluding carboxylic acids is 1. The van der Waals surface area contributed by atoms with Crippen LogP contribution in [0, 0.1) is 11.3 Å². The van der Waals surface area contributed by atoms with Crippen LogP contribution in [-0.2, 0) is 9.53 Å². The van der Waals surface area contributed by atoms with E-state index in [1.165, 1.54) is 0 Å². The number of carbonyl (C=O) groups is 2. The molecule has 98 valence electrons. The van der Waals surface area contributed by atoms with Gasteiger partial charge in [0.1, 0.15) is 0 Å². The zero-order chi connectivity index (χ0) is 12.9. The molecule has 1 rings (SSSR count). The Morgan fingerprint density at radius 2 is 1.94 bits per heavy atom. The minimum absolute atomic E-state index is 0.166. The van der Waals surface area contributed by atoms with E-state index < -0.39 is 17.5 Å². The smallest absolute Gasteiger partial charge is 0.407 e. The normalized spacial score (nSPS) is 18.1. The number of carboxylic acid groups (broad SMARTS) is 1. The maximum atomic E-state index is 11.3. The fraction of sp³-hybridized carbons (Fsp3) is 0.833. The average molecular weight is 243 g/mol. The van der Waals surface area contributed by atoms with Crippen LogP contribution >= 0.6 is 0 Å². The fourth-order valence-electron chi connectivity index (χ4n) is 2.05. The van der Waals surface area contributed by atoms with Crippen LogP contribution in [0.1, 0.15) is 39.5 Å². The molecule has 0 spiro atoms. The molecular weight excluding hydrogens is 222 g/mol. The maximum Gasteiger partial charge on any atom is 0.407 e. The third-order valence-electron chi connectivity index (χ3n) is 3.13. The van der Waals surface area contributed by atoms with E-state index in [0.29, 0.717) is 19.4 Å². The highest BCUT2D eigenvalue weighted by Crippen LogP contribution is 2.37. The third kappa shape index (κ3) is 3.91. The summed E-state index contributed by atoms with van der Waals surface area (Å²) >= 11 is 0. The van der Waals surface area contributed by atoms with E-state index in [2.05, 4.69) is 5.32 Å². The van der Waals surface area contributed by atoms with Crippen LogP contribution < -0.4 is 5.32 Å². The molecule has 0 aromatic heterocycles. The fourth-order valence-corrected chi connectivity index (χ4v) is 2.05. The Kier molecular flexibility index (Phi) is 4.78. The molecule has 1 amide bonds. The molecular formula is C12H21NO4.